The highest BCUT2D eigenvalue weighted by atomic mass is 16.5. The van der Waals surface area contributed by atoms with Crippen LogP contribution in [0.15, 0.2) is 6.07 Å². The molecule has 2 heterocycles. The van der Waals surface area contributed by atoms with E-state index in [1.165, 1.54) is 0 Å². The minimum absolute atomic E-state index is 0.148. The lowest BCUT2D eigenvalue weighted by Gasteiger charge is -2.11. The van der Waals surface area contributed by atoms with Gasteiger partial charge in [0, 0.05) is 11.5 Å². The molecule has 92 valence electrons. The molecule has 0 spiro atoms. The summed E-state index contributed by atoms with van der Waals surface area (Å²) < 4.78 is 6.75. The minimum Gasteiger partial charge on any atom is -0.481 e. The van der Waals surface area contributed by atoms with Crippen molar-refractivity contribution in [3.05, 3.63) is 17.6 Å². The van der Waals surface area contributed by atoms with Crippen molar-refractivity contribution in [1.82, 2.24) is 19.6 Å². The van der Waals surface area contributed by atoms with Crippen LogP contribution in [0.3, 0.4) is 0 Å². The molecule has 17 heavy (non-hydrogen) atoms. The van der Waals surface area contributed by atoms with Gasteiger partial charge in [-0.15, -0.1) is 5.10 Å². The van der Waals surface area contributed by atoms with E-state index in [-0.39, 0.29) is 12.0 Å². The molecule has 2 aromatic heterocycles. The monoisotopic (exact) mass is 236 g/mol. The third-order valence-corrected chi connectivity index (χ3v) is 2.37. The Bertz CT molecular complexity index is 542. The number of aliphatic hydroxyl groups is 1. The number of aromatic nitrogens is 4. The summed E-state index contributed by atoms with van der Waals surface area (Å²) >= 11 is 0. The van der Waals surface area contributed by atoms with Crippen molar-refractivity contribution in [1.29, 1.82) is 0 Å². The van der Waals surface area contributed by atoms with E-state index in [0.717, 1.165) is 0 Å². The van der Waals surface area contributed by atoms with E-state index in [1.54, 1.807) is 17.7 Å². The SMILES string of the molecule is COc1cc(CO)nc2nc(C(C)(C)C)nn12. The van der Waals surface area contributed by atoms with Gasteiger partial charge in [-0.1, -0.05) is 20.8 Å². The maximum absolute atomic E-state index is 9.11. The van der Waals surface area contributed by atoms with Crippen molar-refractivity contribution < 1.29 is 9.84 Å². The lowest BCUT2D eigenvalue weighted by molar-refractivity contribution is 0.275. The zero-order valence-electron chi connectivity index (χ0n) is 10.4. The van der Waals surface area contributed by atoms with Gasteiger partial charge in [-0.3, -0.25) is 0 Å². The summed E-state index contributed by atoms with van der Waals surface area (Å²) in [4.78, 5) is 8.55. The van der Waals surface area contributed by atoms with Crippen LogP contribution in [-0.2, 0) is 12.0 Å². The van der Waals surface area contributed by atoms with Crippen LogP contribution in [0, 0.1) is 0 Å². The fourth-order valence-corrected chi connectivity index (χ4v) is 1.43. The average Bonchev–Trinajstić information content (AvgIpc) is 2.70. The van der Waals surface area contributed by atoms with Gasteiger partial charge in [0.1, 0.15) is 0 Å². The predicted octanol–water partition coefficient (Wildman–Crippen LogP) is 0.923. The Balaban J connectivity index is 2.67. The van der Waals surface area contributed by atoms with E-state index in [1.807, 2.05) is 20.8 Å². The van der Waals surface area contributed by atoms with E-state index < -0.39 is 0 Å². The van der Waals surface area contributed by atoms with Crippen LogP contribution in [0.2, 0.25) is 0 Å². The van der Waals surface area contributed by atoms with Gasteiger partial charge in [0.25, 0.3) is 5.78 Å². The third-order valence-electron chi connectivity index (χ3n) is 2.37. The number of rotatable bonds is 2. The van der Waals surface area contributed by atoms with E-state index in [9.17, 15) is 0 Å². The predicted molar refractivity (Wildman–Crippen MR) is 62.0 cm³/mol. The molecule has 0 saturated carbocycles. The topological polar surface area (TPSA) is 72.5 Å². The first-order valence-electron chi connectivity index (χ1n) is 5.37. The van der Waals surface area contributed by atoms with Crippen LogP contribution in [0.25, 0.3) is 5.78 Å². The first kappa shape index (κ1) is 11.8. The molecule has 0 aliphatic rings. The minimum atomic E-state index is -0.155. The third kappa shape index (κ3) is 2.08. The molecule has 0 atom stereocenters. The van der Waals surface area contributed by atoms with Crippen LogP contribution in [0.1, 0.15) is 32.3 Å². The molecule has 0 aliphatic carbocycles. The van der Waals surface area contributed by atoms with Gasteiger partial charge >= 0.3 is 0 Å². The fraction of sp³-hybridized carbons (Fsp3) is 0.545. The largest absolute Gasteiger partial charge is 0.481 e. The van der Waals surface area contributed by atoms with Crippen LogP contribution >= 0.6 is 0 Å². The second-order valence-electron chi connectivity index (χ2n) is 4.85. The molecule has 0 aromatic carbocycles. The Kier molecular flexibility index (Phi) is 2.74. The molecule has 6 nitrogen and oxygen atoms in total. The van der Waals surface area contributed by atoms with Crippen molar-refractivity contribution in [3.63, 3.8) is 0 Å². The zero-order valence-corrected chi connectivity index (χ0v) is 10.4. The highest BCUT2D eigenvalue weighted by molar-refractivity contribution is 5.35. The number of ether oxygens (including phenoxy) is 1. The van der Waals surface area contributed by atoms with Crippen LogP contribution in [0.5, 0.6) is 5.88 Å². The zero-order chi connectivity index (χ0) is 12.6. The molecule has 2 rings (SSSR count). The Morgan fingerprint density at radius 1 is 1.35 bits per heavy atom. The molecule has 0 amide bonds. The summed E-state index contributed by atoms with van der Waals surface area (Å²) in [6, 6.07) is 1.65. The molecule has 0 radical (unpaired) electrons. The lowest BCUT2D eigenvalue weighted by Crippen LogP contribution is -2.13. The van der Waals surface area contributed by atoms with Gasteiger partial charge in [-0.05, 0) is 0 Å². The maximum atomic E-state index is 9.11. The smallest absolute Gasteiger partial charge is 0.256 e. The molecule has 0 aliphatic heterocycles. The number of nitrogens with zero attached hydrogens (tertiary/aromatic N) is 4. The molecule has 0 unspecified atom stereocenters. The molecule has 0 saturated heterocycles. The standard InChI is InChI=1S/C11H16N4O2/c1-11(2,3)9-13-10-12-7(6-16)5-8(17-4)15(10)14-9/h5,16H,6H2,1-4H3. The average molecular weight is 236 g/mol. The number of hydrogen-bond donors (Lipinski definition) is 1. The number of hydrogen-bond acceptors (Lipinski definition) is 5. The molecule has 2 aromatic rings. The van der Waals surface area contributed by atoms with Crippen LogP contribution < -0.4 is 4.74 Å². The fourth-order valence-electron chi connectivity index (χ4n) is 1.43. The molecule has 1 N–H and O–H groups in total. The van der Waals surface area contributed by atoms with Crippen molar-refractivity contribution >= 4 is 5.78 Å². The molecular formula is C11H16N4O2. The normalized spacial score (nSPS) is 12.1. The molecule has 6 heteroatoms. The van der Waals surface area contributed by atoms with E-state index in [4.69, 9.17) is 9.84 Å². The lowest BCUT2D eigenvalue weighted by atomic mass is 9.96. The van der Waals surface area contributed by atoms with Gasteiger partial charge in [0.15, 0.2) is 5.82 Å². The highest BCUT2D eigenvalue weighted by Gasteiger charge is 2.21. The Hall–Kier alpha value is -1.69. The van der Waals surface area contributed by atoms with Gasteiger partial charge in [0.05, 0.1) is 19.4 Å². The first-order chi connectivity index (χ1) is 7.95. The van der Waals surface area contributed by atoms with Gasteiger partial charge < -0.3 is 9.84 Å². The van der Waals surface area contributed by atoms with Crippen LogP contribution in [0.4, 0.5) is 0 Å². The van der Waals surface area contributed by atoms with Crippen molar-refractivity contribution in [3.8, 4) is 5.88 Å². The number of methoxy groups -OCH3 is 1. The van der Waals surface area contributed by atoms with Crippen LogP contribution in [-0.4, -0.2) is 31.8 Å². The van der Waals surface area contributed by atoms with Crippen molar-refractivity contribution in [2.24, 2.45) is 0 Å². The summed E-state index contributed by atoms with van der Waals surface area (Å²) in [5, 5.41) is 13.5. The van der Waals surface area contributed by atoms with E-state index >= 15 is 0 Å². The molecule has 0 bridgehead atoms. The quantitative estimate of drug-likeness (QED) is 0.839. The number of aliphatic hydroxyl groups excluding tert-OH is 1. The summed E-state index contributed by atoms with van der Waals surface area (Å²) in [5.41, 5.74) is 0.361. The second kappa shape index (κ2) is 3.96. The summed E-state index contributed by atoms with van der Waals surface area (Å²) in [5.74, 6) is 1.65. The van der Waals surface area contributed by atoms with E-state index in [0.29, 0.717) is 23.2 Å². The molecular weight excluding hydrogens is 220 g/mol. The molecule has 0 fully saturated rings. The summed E-state index contributed by atoms with van der Waals surface area (Å²) in [6.07, 6.45) is 0. The second-order valence-corrected chi connectivity index (χ2v) is 4.85. The van der Waals surface area contributed by atoms with Crippen molar-refractivity contribution in [2.45, 2.75) is 32.8 Å². The Morgan fingerprint density at radius 2 is 2.06 bits per heavy atom. The maximum Gasteiger partial charge on any atom is 0.256 e. The Labute approximate surface area is 99.3 Å². The summed E-state index contributed by atoms with van der Waals surface area (Å²) in [6.45, 7) is 5.94. The summed E-state index contributed by atoms with van der Waals surface area (Å²) in [7, 11) is 1.55. The van der Waals surface area contributed by atoms with Gasteiger partial charge in [-0.2, -0.15) is 9.50 Å². The van der Waals surface area contributed by atoms with Gasteiger partial charge in [-0.25, -0.2) is 4.98 Å². The number of fused-ring (bicyclic) bond motifs is 1. The van der Waals surface area contributed by atoms with Gasteiger partial charge in [0.2, 0.25) is 5.88 Å². The van der Waals surface area contributed by atoms with E-state index in [2.05, 4.69) is 15.1 Å². The highest BCUT2D eigenvalue weighted by Crippen LogP contribution is 2.21. The van der Waals surface area contributed by atoms with Crippen molar-refractivity contribution in [2.75, 3.05) is 7.11 Å². The first-order valence-corrected chi connectivity index (χ1v) is 5.37. The Morgan fingerprint density at radius 3 is 2.59 bits per heavy atom.